The average molecular weight is 285 g/mol. The molecule has 1 rings (SSSR count). The predicted octanol–water partition coefficient (Wildman–Crippen LogP) is 1.68. The van der Waals surface area contributed by atoms with Crippen molar-refractivity contribution >= 4 is 23.3 Å². The number of thiophene rings is 1. The van der Waals surface area contributed by atoms with Crippen LogP contribution in [0.15, 0.2) is 17.5 Å². The van der Waals surface area contributed by atoms with Crippen molar-refractivity contribution in [3.05, 3.63) is 22.4 Å². The maximum Gasteiger partial charge on any atom is 0.338 e. The summed E-state index contributed by atoms with van der Waals surface area (Å²) in [6, 6.07) is 3.61. The fourth-order valence-corrected chi connectivity index (χ4v) is 2.36. The summed E-state index contributed by atoms with van der Waals surface area (Å²) >= 11 is 1.41. The zero-order chi connectivity index (χ0) is 14.7. The molecule has 0 fully saturated rings. The second-order valence-corrected chi connectivity index (χ2v) is 6.25. The number of nitrogens with one attached hydrogen (secondary N) is 1. The molecule has 0 spiro atoms. The fourth-order valence-electron chi connectivity index (χ4n) is 1.57. The summed E-state index contributed by atoms with van der Waals surface area (Å²) < 4.78 is 5.23. The molecule has 0 saturated heterocycles. The molecule has 0 amide bonds. The minimum atomic E-state index is -1.75. The van der Waals surface area contributed by atoms with E-state index in [0.29, 0.717) is 0 Å². The van der Waals surface area contributed by atoms with Crippen LogP contribution in [-0.4, -0.2) is 35.2 Å². The molecule has 1 aromatic rings. The van der Waals surface area contributed by atoms with Crippen LogP contribution in [0, 0.1) is 0 Å². The van der Waals surface area contributed by atoms with E-state index in [-0.39, 0.29) is 6.42 Å². The van der Waals surface area contributed by atoms with Crippen molar-refractivity contribution in [3.8, 4) is 0 Å². The van der Waals surface area contributed by atoms with Crippen LogP contribution in [-0.2, 0) is 20.7 Å². The number of likely N-dealkylation sites (N-methyl/N-ethyl adjacent to an activating group) is 1. The van der Waals surface area contributed by atoms with E-state index in [1.54, 1.807) is 26.8 Å². The number of carbonyl (C=O) groups excluding carboxylic acids is 1. The van der Waals surface area contributed by atoms with Crippen LogP contribution in [0.25, 0.3) is 0 Å². The summed E-state index contributed by atoms with van der Waals surface area (Å²) in [4.78, 5) is 24.6. The van der Waals surface area contributed by atoms with Gasteiger partial charge in [0.25, 0.3) is 0 Å². The number of esters is 1. The van der Waals surface area contributed by atoms with Crippen LogP contribution in [0.2, 0.25) is 0 Å². The summed E-state index contributed by atoms with van der Waals surface area (Å²) in [5, 5.41) is 13.9. The first kappa shape index (κ1) is 15.7. The van der Waals surface area contributed by atoms with Gasteiger partial charge in [0.2, 0.25) is 5.54 Å². The first-order chi connectivity index (χ1) is 8.71. The van der Waals surface area contributed by atoms with Crippen LogP contribution in [0.1, 0.15) is 25.6 Å². The minimum absolute atomic E-state index is 0.0609. The predicted molar refractivity (Wildman–Crippen MR) is 73.3 cm³/mol. The fraction of sp³-hybridized carbons (Fsp3) is 0.538. The van der Waals surface area contributed by atoms with Gasteiger partial charge in [0.1, 0.15) is 5.60 Å². The summed E-state index contributed by atoms with van der Waals surface area (Å²) in [6.07, 6.45) is 0.0609. The third kappa shape index (κ3) is 3.78. The molecule has 0 aliphatic heterocycles. The lowest BCUT2D eigenvalue weighted by Gasteiger charge is -2.30. The van der Waals surface area contributed by atoms with Gasteiger partial charge in [-0.15, -0.1) is 11.3 Å². The van der Waals surface area contributed by atoms with E-state index in [2.05, 4.69) is 5.32 Å². The van der Waals surface area contributed by atoms with E-state index in [0.717, 1.165) is 4.88 Å². The molecule has 0 aliphatic carbocycles. The Labute approximate surface area is 116 Å². The number of carboxylic acid groups (broad SMARTS) is 1. The van der Waals surface area contributed by atoms with Gasteiger partial charge in [0.05, 0.1) is 0 Å². The lowest BCUT2D eigenvalue weighted by atomic mass is 9.94. The second kappa shape index (κ2) is 5.71. The smallest absolute Gasteiger partial charge is 0.338 e. The number of rotatable bonds is 5. The van der Waals surface area contributed by atoms with E-state index in [4.69, 9.17) is 4.74 Å². The number of ether oxygens (including phenoxy) is 1. The monoisotopic (exact) mass is 285 g/mol. The van der Waals surface area contributed by atoms with E-state index in [1.807, 2.05) is 11.4 Å². The Hall–Kier alpha value is -1.40. The summed E-state index contributed by atoms with van der Waals surface area (Å²) in [5.74, 6) is -2.01. The highest BCUT2D eigenvalue weighted by molar-refractivity contribution is 7.09. The second-order valence-electron chi connectivity index (χ2n) is 5.22. The molecule has 1 heterocycles. The molecule has 0 unspecified atom stereocenters. The molecular weight excluding hydrogens is 266 g/mol. The molecule has 6 heteroatoms. The van der Waals surface area contributed by atoms with E-state index in [1.165, 1.54) is 18.4 Å². The Balaban J connectivity index is 3.05. The maximum absolute atomic E-state index is 12.2. The largest absolute Gasteiger partial charge is 0.479 e. The molecule has 0 radical (unpaired) electrons. The molecule has 1 aromatic heterocycles. The number of carbonyl (C=O) groups is 2. The zero-order valence-electron chi connectivity index (χ0n) is 11.5. The molecular formula is C13H19NO4S. The standard InChI is InChI=1S/C13H19NO4S/c1-12(2,3)18-11(17)13(14-4,10(15)16)8-9-6-5-7-19-9/h5-7,14H,8H2,1-4H3,(H,15,16)/t13-/m1/s1. The SMILES string of the molecule is CN[C@](Cc1cccs1)(C(=O)O)C(=O)OC(C)(C)C. The first-order valence-electron chi connectivity index (χ1n) is 5.89. The quantitative estimate of drug-likeness (QED) is 0.636. The highest BCUT2D eigenvalue weighted by atomic mass is 32.1. The molecule has 0 bridgehead atoms. The molecule has 2 N–H and O–H groups in total. The molecule has 106 valence electrons. The third-order valence-corrected chi connectivity index (χ3v) is 3.44. The van der Waals surface area contributed by atoms with Crippen molar-refractivity contribution in [1.82, 2.24) is 5.32 Å². The highest BCUT2D eigenvalue weighted by Gasteiger charge is 2.48. The zero-order valence-corrected chi connectivity index (χ0v) is 12.3. The normalized spacial score (nSPS) is 14.7. The minimum Gasteiger partial charge on any atom is -0.479 e. The highest BCUT2D eigenvalue weighted by Crippen LogP contribution is 2.22. The van der Waals surface area contributed by atoms with Gasteiger partial charge in [-0.1, -0.05) is 6.07 Å². The van der Waals surface area contributed by atoms with Gasteiger partial charge >= 0.3 is 11.9 Å². The lowest BCUT2D eigenvalue weighted by molar-refractivity contribution is -0.170. The maximum atomic E-state index is 12.2. The van der Waals surface area contributed by atoms with Gasteiger partial charge in [-0.25, -0.2) is 9.59 Å². The van der Waals surface area contributed by atoms with E-state index < -0.39 is 23.1 Å². The van der Waals surface area contributed by atoms with Gasteiger partial charge < -0.3 is 9.84 Å². The Bertz CT molecular complexity index is 450. The van der Waals surface area contributed by atoms with Crippen LogP contribution < -0.4 is 5.32 Å². The molecule has 0 aliphatic rings. The molecule has 0 saturated carbocycles. The first-order valence-corrected chi connectivity index (χ1v) is 6.77. The Morgan fingerprint density at radius 1 is 1.42 bits per heavy atom. The van der Waals surface area contributed by atoms with Crippen LogP contribution in [0.5, 0.6) is 0 Å². The molecule has 5 nitrogen and oxygen atoms in total. The van der Waals surface area contributed by atoms with Gasteiger partial charge in [-0.3, -0.25) is 5.32 Å². The molecule has 0 aromatic carbocycles. The topological polar surface area (TPSA) is 75.6 Å². The number of carboxylic acids is 1. The van der Waals surface area contributed by atoms with Crippen molar-refractivity contribution < 1.29 is 19.4 Å². The summed E-state index contributed by atoms with van der Waals surface area (Å²) in [6.45, 7) is 5.12. The van der Waals surface area contributed by atoms with Crippen molar-refractivity contribution in [2.24, 2.45) is 0 Å². The van der Waals surface area contributed by atoms with Gasteiger partial charge in [0, 0.05) is 11.3 Å². The van der Waals surface area contributed by atoms with E-state index in [9.17, 15) is 14.7 Å². The van der Waals surface area contributed by atoms with Crippen molar-refractivity contribution in [2.75, 3.05) is 7.05 Å². The van der Waals surface area contributed by atoms with Crippen molar-refractivity contribution in [1.29, 1.82) is 0 Å². The van der Waals surface area contributed by atoms with Gasteiger partial charge in [-0.05, 0) is 39.3 Å². The molecule has 19 heavy (non-hydrogen) atoms. The van der Waals surface area contributed by atoms with Gasteiger partial charge in [-0.2, -0.15) is 0 Å². The Kier molecular flexibility index (Phi) is 4.70. The van der Waals surface area contributed by atoms with E-state index >= 15 is 0 Å². The van der Waals surface area contributed by atoms with Crippen LogP contribution >= 0.6 is 11.3 Å². The Morgan fingerprint density at radius 3 is 2.42 bits per heavy atom. The third-order valence-electron chi connectivity index (χ3n) is 2.56. The van der Waals surface area contributed by atoms with Crippen LogP contribution in [0.4, 0.5) is 0 Å². The number of aliphatic carboxylic acids is 1. The molecule has 1 atom stereocenters. The number of hydrogen-bond acceptors (Lipinski definition) is 5. The Morgan fingerprint density at radius 2 is 2.05 bits per heavy atom. The van der Waals surface area contributed by atoms with Crippen molar-refractivity contribution in [2.45, 2.75) is 38.3 Å². The summed E-state index contributed by atoms with van der Waals surface area (Å²) in [7, 11) is 1.45. The summed E-state index contributed by atoms with van der Waals surface area (Å²) in [5.41, 5.74) is -2.48. The van der Waals surface area contributed by atoms with Crippen molar-refractivity contribution in [3.63, 3.8) is 0 Å². The van der Waals surface area contributed by atoms with Crippen LogP contribution in [0.3, 0.4) is 0 Å². The lowest BCUT2D eigenvalue weighted by Crippen LogP contribution is -2.60. The average Bonchev–Trinajstić information content (AvgIpc) is 2.75. The van der Waals surface area contributed by atoms with Gasteiger partial charge in [0.15, 0.2) is 0 Å². The number of hydrogen-bond donors (Lipinski definition) is 2.